The predicted molar refractivity (Wildman–Crippen MR) is 74.6 cm³/mol. The lowest BCUT2D eigenvalue weighted by Gasteiger charge is -2.26. The van der Waals surface area contributed by atoms with Gasteiger partial charge in [-0.05, 0) is 36.2 Å². The van der Waals surface area contributed by atoms with E-state index in [0.29, 0.717) is 18.4 Å². The highest BCUT2D eigenvalue weighted by Crippen LogP contribution is 2.30. The molecule has 0 saturated carbocycles. The molecule has 0 aliphatic carbocycles. The molecule has 0 radical (unpaired) electrons. The van der Waals surface area contributed by atoms with Crippen molar-refractivity contribution in [2.75, 3.05) is 11.9 Å². The lowest BCUT2D eigenvalue weighted by Crippen LogP contribution is -2.30. The molecule has 1 aromatic carbocycles. The summed E-state index contributed by atoms with van der Waals surface area (Å²) in [5.41, 5.74) is 4.06. The van der Waals surface area contributed by atoms with Crippen LogP contribution in [-0.2, 0) is 11.2 Å². The summed E-state index contributed by atoms with van der Waals surface area (Å²) in [4.78, 5) is 23.9. The lowest BCUT2D eigenvalue weighted by molar-refractivity contribution is -0.118. The summed E-state index contributed by atoms with van der Waals surface area (Å²) in [6.45, 7) is 0. The molecule has 0 atom stereocenters. The van der Waals surface area contributed by atoms with Gasteiger partial charge in [0.1, 0.15) is 5.69 Å². The normalized spacial score (nSPS) is 14.1. The van der Waals surface area contributed by atoms with E-state index in [1.807, 2.05) is 18.2 Å². The number of anilines is 1. The first-order valence-electron chi connectivity index (χ1n) is 6.38. The molecule has 0 fully saturated rings. The molecule has 2 heterocycles. The van der Waals surface area contributed by atoms with Gasteiger partial charge in [0.05, 0.1) is 5.69 Å². The Hall–Kier alpha value is -2.56. The molecular weight excluding hydrogens is 254 g/mol. The van der Waals surface area contributed by atoms with Crippen LogP contribution in [0.2, 0.25) is 0 Å². The minimum absolute atomic E-state index is 0.139. The molecule has 1 aliphatic heterocycles. The lowest BCUT2D eigenvalue weighted by atomic mass is 9.98. The van der Waals surface area contributed by atoms with Crippen molar-refractivity contribution in [3.63, 3.8) is 0 Å². The van der Waals surface area contributed by atoms with Gasteiger partial charge in [-0.15, -0.1) is 10.2 Å². The minimum Gasteiger partial charge on any atom is -0.315 e. The summed E-state index contributed by atoms with van der Waals surface area (Å²) in [5.74, 6) is 0.139. The van der Waals surface area contributed by atoms with Gasteiger partial charge >= 0.3 is 0 Å². The van der Waals surface area contributed by atoms with Crippen molar-refractivity contribution in [3.05, 3.63) is 41.6 Å². The van der Waals surface area contributed by atoms with Crippen molar-refractivity contribution in [2.45, 2.75) is 12.8 Å². The topological polar surface area (TPSA) is 63.2 Å². The van der Waals surface area contributed by atoms with E-state index in [9.17, 15) is 9.59 Å². The highest BCUT2D eigenvalue weighted by molar-refractivity contribution is 5.96. The second kappa shape index (κ2) is 4.85. The van der Waals surface area contributed by atoms with Gasteiger partial charge in [-0.1, -0.05) is 6.07 Å². The van der Waals surface area contributed by atoms with E-state index in [1.165, 1.54) is 0 Å². The van der Waals surface area contributed by atoms with Gasteiger partial charge in [0.15, 0.2) is 6.29 Å². The quantitative estimate of drug-likeness (QED) is 0.779. The first-order chi connectivity index (χ1) is 9.69. The highest BCUT2D eigenvalue weighted by Gasteiger charge is 2.21. The molecule has 2 aromatic rings. The molecule has 3 rings (SSSR count). The van der Waals surface area contributed by atoms with Crippen molar-refractivity contribution in [1.82, 2.24) is 10.2 Å². The minimum atomic E-state index is 0.139. The van der Waals surface area contributed by atoms with Crippen molar-refractivity contribution < 1.29 is 9.59 Å². The van der Waals surface area contributed by atoms with Gasteiger partial charge in [-0.25, -0.2) is 0 Å². The average molecular weight is 267 g/mol. The van der Waals surface area contributed by atoms with Gasteiger partial charge in [0, 0.05) is 24.7 Å². The number of benzene rings is 1. The van der Waals surface area contributed by atoms with E-state index in [4.69, 9.17) is 0 Å². The van der Waals surface area contributed by atoms with Crippen molar-refractivity contribution in [1.29, 1.82) is 0 Å². The van der Waals surface area contributed by atoms with Crippen LogP contribution in [0.3, 0.4) is 0 Å². The fourth-order valence-corrected chi connectivity index (χ4v) is 2.38. The Morgan fingerprint density at radius 2 is 2.00 bits per heavy atom. The van der Waals surface area contributed by atoms with Crippen LogP contribution < -0.4 is 4.90 Å². The molecule has 1 aromatic heterocycles. The number of rotatable bonds is 2. The summed E-state index contributed by atoms with van der Waals surface area (Å²) in [5, 5.41) is 7.87. The van der Waals surface area contributed by atoms with Crippen LogP contribution in [0, 0.1) is 0 Å². The second-order valence-corrected chi connectivity index (χ2v) is 4.76. The molecule has 5 nitrogen and oxygen atoms in total. The Labute approximate surface area is 116 Å². The first-order valence-corrected chi connectivity index (χ1v) is 6.38. The number of carbonyl (C=O) groups excluding carboxylic acids is 2. The zero-order chi connectivity index (χ0) is 14.1. The van der Waals surface area contributed by atoms with Gasteiger partial charge in [0.25, 0.3) is 0 Å². The molecule has 1 aliphatic rings. The molecule has 1 amide bonds. The van der Waals surface area contributed by atoms with Crippen LogP contribution in [0.25, 0.3) is 11.3 Å². The molecule has 0 spiro atoms. The fourth-order valence-electron chi connectivity index (χ4n) is 2.38. The van der Waals surface area contributed by atoms with Crippen LogP contribution in [0.5, 0.6) is 0 Å². The summed E-state index contributed by atoms with van der Waals surface area (Å²) in [6.07, 6.45) is 1.94. The van der Waals surface area contributed by atoms with E-state index >= 15 is 0 Å². The SMILES string of the molecule is CN1C(=O)CCc2cc(-c3ccc(C=O)nn3)ccc21. The summed E-state index contributed by atoms with van der Waals surface area (Å²) in [6, 6.07) is 9.29. The maximum absolute atomic E-state index is 11.7. The third-order valence-electron chi connectivity index (χ3n) is 3.52. The molecule has 0 bridgehead atoms. The van der Waals surface area contributed by atoms with Crippen LogP contribution >= 0.6 is 0 Å². The Morgan fingerprint density at radius 1 is 1.15 bits per heavy atom. The zero-order valence-corrected chi connectivity index (χ0v) is 11.0. The number of amides is 1. The van der Waals surface area contributed by atoms with Gasteiger partial charge < -0.3 is 4.90 Å². The number of nitrogens with zero attached hydrogens (tertiary/aromatic N) is 3. The van der Waals surface area contributed by atoms with Crippen molar-refractivity contribution in [3.8, 4) is 11.3 Å². The molecule has 0 N–H and O–H groups in total. The number of carbonyl (C=O) groups is 2. The maximum Gasteiger partial charge on any atom is 0.227 e. The fraction of sp³-hybridized carbons (Fsp3) is 0.200. The first kappa shape index (κ1) is 12.5. The van der Waals surface area contributed by atoms with Gasteiger partial charge in [0.2, 0.25) is 5.91 Å². The number of fused-ring (bicyclic) bond motifs is 1. The molecule has 100 valence electrons. The number of hydrogen-bond donors (Lipinski definition) is 0. The number of hydrogen-bond acceptors (Lipinski definition) is 4. The molecule has 5 heteroatoms. The van der Waals surface area contributed by atoms with Crippen LogP contribution in [0.4, 0.5) is 5.69 Å². The largest absolute Gasteiger partial charge is 0.315 e. The average Bonchev–Trinajstić information content (AvgIpc) is 2.51. The molecule has 0 saturated heterocycles. The van der Waals surface area contributed by atoms with Gasteiger partial charge in [-0.2, -0.15) is 0 Å². The van der Waals surface area contributed by atoms with E-state index in [0.717, 1.165) is 28.9 Å². The van der Waals surface area contributed by atoms with Crippen LogP contribution in [-0.4, -0.2) is 29.4 Å². The third-order valence-corrected chi connectivity index (χ3v) is 3.52. The molecule has 20 heavy (non-hydrogen) atoms. The Kier molecular flexibility index (Phi) is 3.02. The standard InChI is InChI=1S/C15H13N3O2/c1-18-14-6-2-10(8-11(14)3-7-15(18)20)13-5-4-12(9-19)16-17-13/h2,4-6,8-9H,3,7H2,1H3. The predicted octanol–water partition coefficient (Wildman–Crippen LogP) is 1.87. The van der Waals surface area contributed by atoms with E-state index in [1.54, 1.807) is 24.1 Å². The third kappa shape index (κ3) is 2.07. The van der Waals surface area contributed by atoms with E-state index in [2.05, 4.69) is 10.2 Å². The van der Waals surface area contributed by atoms with Crippen LogP contribution in [0.15, 0.2) is 30.3 Å². The van der Waals surface area contributed by atoms with E-state index < -0.39 is 0 Å². The van der Waals surface area contributed by atoms with Gasteiger partial charge in [-0.3, -0.25) is 9.59 Å². The van der Waals surface area contributed by atoms with Crippen LogP contribution in [0.1, 0.15) is 22.5 Å². The summed E-state index contributed by atoms with van der Waals surface area (Å²) >= 11 is 0. The number of aryl methyl sites for hydroxylation is 1. The highest BCUT2D eigenvalue weighted by atomic mass is 16.2. The van der Waals surface area contributed by atoms with Crippen molar-refractivity contribution in [2.24, 2.45) is 0 Å². The Morgan fingerprint density at radius 3 is 2.70 bits per heavy atom. The number of aromatic nitrogens is 2. The maximum atomic E-state index is 11.7. The Bertz CT molecular complexity index is 680. The zero-order valence-electron chi connectivity index (χ0n) is 11.0. The smallest absolute Gasteiger partial charge is 0.227 e. The molecular formula is C15H13N3O2. The second-order valence-electron chi connectivity index (χ2n) is 4.76. The Balaban J connectivity index is 1.99. The van der Waals surface area contributed by atoms with E-state index in [-0.39, 0.29) is 5.91 Å². The summed E-state index contributed by atoms with van der Waals surface area (Å²) in [7, 11) is 1.79. The van der Waals surface area contributed by atoms with Crippen molar-refractivity contribution >= 4 is 17.9 Å². The summed E-state index contributed by atoms with van der Waals surface area (Å²) < 4.78 is 0. The number of aldehydes is 1. The molecule has 0 unspecified atom stereocenters. The monoisotopic (exact) mass is 267 g/mol.